The van der Waals surface area contributed by atoms with Crippen LogP contribution in [0.2, 0.25) is 0 Å². The Morgan fingerprint density at radius 1 is 1.42 bits per heavy atom. The molecule has 5 N–H and O–H groups in total. The van der Waals surface area contributed by atoms with Crippen LogP contribution in [0.3, 0.4) is 0 Å². The van der Waals surface area contributed by atoms with Crippen molar-refractivity contribution in [3.63, 3.8) is 0 Å². The summed E-state index contributed by atoms with van der Waals surface area (Å²) in [4.78, 5) is 25.0. The minimum absolute atomic E-state index is 0.186. The Bertz CT molecular complexity index is 482. The first-order valence-electron chi connectivity index (χ1n) is 7.79. The summed E-state index contributed by atoms with van der Waals surface area (Å²) in [6.07, 6.45) is -3.89. The fourth-order valence-electron chi connectivity index (χ4n) is 2.47. The summed E-state index contributed by atoms with van der Waals surface area (Å²) in [5.41, 5.74) is 0. The van der Waals surface area contributed by atoms with Crippen LogP contribution in [0.15, 0.2) is 11.8 Å². The first kappa shape index (κ1) is 20.4. The first-order valence-corrected chi connectivity index (χ1v) is 7.79. The van der Waals surface area contributed by atoms with Crippen molar-refractivity contribution in [2.24, 2.45) is 0 Å². The fraction of sp³-hybridized carbons (Fsp3) is 0.733. The maximum atomic E-state index is 12.3. The molecule has 5 unspecified atom stereocenters. The van der Waals surface area contributed by atoms with Crippen LogP contribution in [0.4, 0.5) is 0 Å². The highest BCUT2D eigenvalue weighted by Crippen LogP contribution is 2.24. The molecule has 0 saturated heterocycles. The van der Waals surface area contributed by atoms with Crippen molar-refractivity contribution >= 4 is 11.8 Å². The third-order valence-corrected chi connectivity index (χ3v) is 3.71. The van der Waals surface area contributed by atoms with Gasteiger partial charge in [-0.1, -0.05) is 6.92 Å². The molecule has 2 amide bonds. The number of rotatable bonds is 7. The summed E-state index contributed by atoms with van der Waals surface area (Å²) in [6, 6.07) is -1.08. The maximum Gasteiger partial charge on any atom is 0.288 e. The van der Waals surface area contributed by atoms with Crippen LogP contribution >= 0.6 is 0 Å². The molecule has 1 aliphatic rings. The van der Waals surface area contributed by atoms with Crippen molar-refractivity contribution in [2.45, 2.75) is 50.7 Å². The van der Waals surface area contributed by atoms with E-state index in [4.69, 9.17) is 9.84 Å². The Labute approximate surface area is 140 Å². The van der Waals surface area contributed by atoms with Crippen LogP contribution in [0.25, 0.3) is 0 Å². The van der Waals surface area contributed by atoms with Gasteiger partial charge >= 0.3 is 0 Å². The molecule has 0 aromatic carbocycles. The maximum absolute atomic E-state index is 12.3. The van der Waals surface area contributed by atoms with Crippen LogP contribution in [0.1, 0.15) is 20.3 Å². The predicted molar refractivity (Wildman–Crippen MR) is 83.6 cm³/mol. The van der Waals surface area contributed by atoms with Gasteiger partial charge in [0, 0.05) is 20.5 Å². The van der Waals surface area contributed by atoms with E-state index in [-0.39, 0.29) is 5.76 Å². The molecule has 0 fully saturated rings. The van der Waals surface area contributed by atoms with E-state index in [0.29, 0.717) is 6.54 Å². The van der Waals surface area contributed by atoms with Gasteiger partial charge in [0.25, 0.3) is 5.91 Å². The van der Waals surface area contributed by atoms with Crippen molar-refractivity contribution in [3.05, 3.63) is 11.8 Å². The highest BCUT2D eigenvalue weighted by atomic mass is 16.5. The van der Waals surface area contributed by atoms with E-state index in [1.165, 1.54) is 11.8 Å². The van der Waals surface area contributed by atoms with Gasteiger partial charge in [-0.25, -0.2) is 0 Å². The van der Waals surface area contributed by atoms with Crippen LogP contribution in [-0.4, -0.2) is 87.8 Å². The van der Waals surface area contributed by atoms with E-state index in [1.807, 2.05) is 6.92 Å². The molecule has 9 heteroatoms. The Kier molecular flexibility index (Phi) is 7.61. The minimum Gasteiger partial charge on any atom is -0.480 e. The topological polar surface area (TPSA) is 140 Å². The van der Waals surface area contributed by atoms with Gasteiger partial charge in [-0.15, -0.1) is 0 Å². The molecule has 1 rings (SSSR count). The number of amides is 2. The van der Waals surface area contributed by atoms with Crippen molar-refractivity contribution < 1.29 is 34.8 Å². The molecule has 24 heavy (non-hydrogen) atoms. The second-order valence-electron chi connectivity index (χ2n) is 5.80. The molecule has 0 bridgehead atoms. The fourth-order valence-corrected chi connectivity index (χ4v) is 2.47. The SMILES string of the molecule is CCCN(C)C(=O)C1=CC(O)C(NC(C)=O)C(C(O)C(O)CO)O1. The third kappa shape index (κ3) is 4.91. The van der Waals surface area contributed by atoms with Gasteiger partial charge in [0.15, 0.2) is 11.9 Å². The number of likely N-dealkylation sites (N-methyl/N-ethyl adjacent to an activating group) is 1. The standard InChI is InChI=1S/C15H26N2O7/c1-4-5-17(3)15(23)11-6-9(20)12(16-8(2)19)14(24-11)13(22)10(21)7-18/h6,9-10,12-14,18,20-22H,4-5,7H2,1-3H3,(H,16,19). The lowest BCUT2D eigenvalue weighted by molar-refractivity contribution is -0.144. The second-order valence-corrected chi connectivity index (χ2v) is 5.80. The Morgan fingerprint density at radius 2 is 2.04 bits per heavy atom. The van der Waals surface area contributed by atoms with Gasteiger partial charge in [-0.05, 0) is 12.5 Å². The van der Waals surface area contributed by atoms with Gasteiger partial charge in [0.2, 0.25) is 5.91 Å². The molecule has 0 aromatic heterocycles. The van der Waals surface area contributed by atoms with E-state index in [2.05, 4.69) is 5.32 Å². The zero-order valence-electron chi connectivity index (χ0n) is 14.0. The summed E-state index contributed by atoms with van der Waals surface area (Å²) in [7, 11) is 1.57. The number of ether oxygens (including phenoxy) is 1. The summed E-state index contributed by atoms with van der Waals surface area (Å²) in [6.45, 7) is 2.84. The highest BCUT2D eigenvalue weighted by molar-refractivity contribution is 5.91. The minimum atomic E-state index is -1.62. The largest absolute Gasteiger partial charge is 0.480 e. The van der Waals surface area contributed by atoms with Crippen LogP contribution in [0.5, 0.6) is 0 Å². The van der Waals surface area contributed by atoms with E-state index >= 15 is 0 Å². The number of hydrogen-bond donors (Lipinski definition) is 5. The monoisotopic (exact) mass is 346 g/mol. The number of hydrogen-bond acceptors (Lipinski definition) is 7. The van der Waals surface area contributed by atoms with Gasteiger partial charge in [0.05, 0.1) is 12.6 Å². The quantitative estimate of drug-likeness (QED) is 0.350. The Morgan fingerprint density at radius 3 is 2.54 bits per heavy atom. The van der Waals surface area contributed by atoms with E-state index in [1.54, 1.807) is 7.05 Å². The predicted octanol–water partition coefficient (Wildman–Crippen LogP) is -2.28. The molecular weight excluding hydrogens is 320 g/mol. The number of nitrogens with zero attached hydrogens (tertiary/aromatic N) is 1. The number of carbonyl (C=O) groups is 2. The molecule has 0 aliphatic carbocycles. The summed E-state index contributed by atoms with van der Waals surface area (Å²) in [5.74, 6) is -1.16. The lowest BCUT2D eigenvalue weighted by Gasteiger charge is -2.39. The van der Waals surface area contributed by atoms with E-state index in [9.17, 15) is 24.9 Å². The number of nitrogens with one attached hydrogen (secondary N) is 1. The molecule has 1 aliphatic heterocycles. The third-order valence-electron chi connectivity index (χ3n) is 3.71. The van der Waals surface area contributed by atoms with Crippen molar-refractivity contribution in [1.29, 1.82) is 0 Å². The van der Waals surface area contributed by atoms with Crippen molar-refractivity contribution in [1.82, 2.24) is 10.2 Å². The molecule has 138 valence electrons. The summed E-state index contributed by atoms with van der Waals surface area (Å²) < 4.78 is 5.46. The van der Waals surface area contributed by atoms with Gasteiger partial charge in [-0.2, -0.15) is 0 Å². The van der Waals surface area contributed by atoms with Gasteiger partial charge in [0.1, 0.15) is 18.3 Å². The number of carbonyl (C=O) groups excluding carboxylic acids is 2. The smallest absolute Gasteiger partial charge is 0.288 e. The lowest BCUT2D eigenvalue weighted by atomic mass is 9.93. The molecule has 0 spiro atoms. The number of aliphatic hydroxyl groups is 4. The van der Waals surface area contributed by atoms with Gasteiger partial charge in [-0.3, -0.25) is 9.59 Å². The molecule has 0 aromatic rings. The summed E-state index contributed by atoms with van der Waals surface area (Å²) >= 11 is 0. The van der Waals surface area contributed by atoms with E-state index in [0.717, 1.165) is 12.5 Å². The molecule has 1 heterocycles. The van der Waals surface area contributed by atoms with Crippen molar-refractivity contribution in [2.75, 3.05) is 20.2 Å². The van der Waals surface area contributed by atoms with Crippen LogP contribution in [-0.2, 0) is 14.3 Å². The average molecular weight is 346 g/mol. The summed E-state index contributed by atoms with van der Waals surface area (Å²) in [5, 5.41) is 41.4. The molecule has 0 radical (unpaired) electrons. The number of aliphatic hydroxyl groups excluding tert-OH is 4. The van der Waals surface area contributed by atoms with Crippen LogP contribution < -0.4 is 5.32 Å². The molecular formula is C15H26N2O7. The molecule has 0 saturated carbocycles. The van der Waals surface area contributed by atoms with E-state index < -0.39 is 48.9 Å². The van der Waals surface area contributed by atoms with Crippen LogP contribution in [0, 0.1) is 0 Å². The zero-order chi connectivity index (χ0) is 18.4. The van der Waals surface area contributed by atoms with Crippen molar-refractivity contribution in [3.8, 4) is 0 Å². The second kappa shape index (κ2) is 8.97. The normalized spacial score (nSPS) is 26.0. The van der Waals surface area contributed by atoms with Gasteiger partial charge < -0.3 is 35.4 Å². The molecule has 9 nitrogen and oxygen atoms in total. The first-order chi connectivity index (χ1) is 11.2. The highest BCUT2D eigenvalue weighted by Gasteiger charge is 2.43. The molecule has 5 atom stereocenters. The zero-order valence-corrected chi connectivity index (χ0v) is 14.0. The lowest BCUT2D eigenvalue weighted by Crippen LogP contribution is -2.60. The average Bonchev–Trinajstić information content (AvgIpc) is 2.54. The Hall–Kier alpha value is -1.68. The Balaban J connectivity index is 3.07.